The van der Waals surface area contributed by atoms with Gasteiger partial charge in [0.05, 0.1) is 6.54 Å². The van der Waals surface area contributed by atoms with Gasteiger partial charge in [-0.1, -0.05) is 0 Å². The summed E-state index contributed by atoms with van der Waals surface area (Å²) in [5.74, 6) is 0.259. The Morgan fingerprint density at radius 3 is 2.93 bits per heavy atom. The minimum atomic E-state index is 0.259. The molecule has 1 amide bonds. The molecule has 0 aromatic rings. The van der Waals surface area contributed by atoms with Crippen LogP contribution < -0.4 is 5.32 Å². The predicted octanol–water partition coefficient (Wildman–Crippen LogP) is -0.489. The highest BCUT2D eigenvalue weighted by molar-refractivity contribution is 5.78. The van der Waals surface area contributed by atoms with Gasteiger partial charge in [0.1, 0.15) is 0 Å². The lowest BCUT2D eigenvalue weighted by Gasteiger charge is -2.40. The number of amides is 1. The zero-order valence-corrected chi connectivity index (χ0v) is 8.99. The normalized spacial score (nSPS) is 35.3. The van der Waals surface area contributed by atoms with Gasteiger partial charge in [-0.05, 0) is 19.9 Å². The maximum atomic E-state index is 11.6. The molecule has 2 aliphatic heterocycles. The van der Waals surface area contributed by atoms with Crippen molar-refractivity contribution in [1.29, 1.82) is 0 Å². The summed E-state index contributed by atoms with van der Waals surface area (Å²) < 4.78 is 0. The Labute approximate surface area is 85.2 Å². The van der Waals surface area contributed by atoms with Gasteiger partial charge >= 0.3 is 0 Å². The van der Waals surface area contributed by atoms with E-state index in [-0.39, 0.29) is 5.91 Å². The summed E-state index contributed by atoms with van der Waals surface area (Å²) in [4.78, 5) is 15.8. The van der Waals surface area contributed by atoms with E-state index in [0.29, 0.717) is 18.6 Å². The molecule has 2 unspecified atom stereocenters. The number of piperazine rings is 1. The molecule has 2 fully saturated rings. The van der Waals surface area contributed by atoms with E-state index in [1.807, 2.05) is 11.9 Å². The van der Waals surface area contributed by atoms with E-state index in [1.54, 1.807) is 0 Å². The van der Waals surface area contributed by atoms with Crippen molar-refractivity contribution in [2.75, 3.05) is 33.2 Å². The first kappa shape index (κ1) is 9.93. The number of likely N-dealkylation sites (N-methyl/N-ethyl adjacent to an activating group) is 1. The van der Waals surface area contributed by atoms with Crippen molar-refractivity contribution in [3.8, 4) is 0 Å². The molecule has 4 heteroatoms. The number of carbonyl (C=O) groups excluding carboxylic acids is 1. The van der Waals surface area contributed by atoms with Crippen molar-refractivity contribution in [2.45, 2.75) is 25.4 Å². The summed E-state index contributed by atoms with van der Waals surface area (Å²) in [5, 5.41) is 3.35. The van der Waals surface area contributed by atoms with Crippen LogP contribution in [0.2, 0.25) is 0 Å². The fourth-order valence-electron chi connectivity index (χ4n) is 2.45. The third-order valence-electron chi connectivity index (χ3n) is 3.35. The molecule has 0 spiro atoms. The maximum absolute atomic E-state index is 11.6. The Morgan fingerprint density at radius 1 is 1.50 bits per heavy atom. The fourth-order valence-corrected chi connectivity index (χ4v) is 2.45. The van der Waals surface area contributed by atoms with Gasteiger partial charge in [0.15, 0.2) is 0 Å². The molecule has 2 saturated heterocycles. The summed E-state index contributed by atoms with van der Waals surface area (Å²) in [6.07, 6.45) is 1.18. The van der Waals surface area contributed by atoms with E-state index in [1.165, 1.54) is 6.42 Å². The maximum Gasteiger partial charge on any atom is 0.236 e. The second-order valence-electron chi connectivity index (χ2n) is 4.44. The van der Waals surface area contributed by atoms with Gasteiger partial charge in [-0.2, -0.15) is 0 Å². The number of nitrogens with zero attached hydrogens (tertiary/aromatic N) is 2. The Hall–Kier alpha value is -0.610. The van der Waals surface area contributed by atoms with E-state index in [9.17, 15) is 4.79 Å². The molecule has 2 rings (SSSR count). The van der Waals surface area contributed by atoms with Crippen LogP contribution in [-0.4, -0.2) is 61.0 Å². The van der Waals surface area contributed by atoms with Gasteiger partial charge in [-0.3, -0.25) is 9.69 Å². The number of hydrogen-bond acceptors (Lipinski definition) is 3. The van der Waals surface area contributed by atoms with Gasteiger partial charge < -0.3 is 10.2 Å². The number of carbonyl (C=O) groups is 1. The van der Waals surface area contributed by atoms with Crippen LogP contribution >= 0.6 is 0 Å². The van der Waals surface area contributed by atoms with E-state index >= 15 is 0 Å². The first-order valence-corrected chi connectivity index (χ1v) is 5.39. The predicted molar refractivity (Wildman–Crippen MR) is 55.1 cm³/mol. The summed E-state index contributed by atoms with van der Waals surface area (Å²) >= 11 is 0. The molecule has 2 aliphatic rings. The van der Waals surface area contributed by atoms with Crippen molar-refractivity contribution >= 4 is 5.91 Å². The first-order valence-electron chi connectivity index (χ1n) is 5.39. The average Bonchev–Trinajstić information content (AvgIpc) is 2.64. The summed E-state index contributed by atoms with van der Waals surface area (Å²) in [7, 11) is 1.89. The quantitative estimate of drug-likeness (QED) is 0.616. The van der Waals surface area contributed by atoms with Gasteiger partial charge in [0, 0.05) is 32.2 Å². The molecule has 80 valence electrons. The van der Waals surface area contributed by atoms with Crippen LogP contribution in [0.1, 0.15) is 13.3 Å². The lowest BCUT2D eigenvalue weighted by atomic mass is 10.1. The Bertz CT molecular complexity index is 225. The van der Waals surface area contributed by atoms with Crippen LogP contribution in [0.4, 0.5) is 0 Å². The second kappa shape index (κ2) is 3.87. The van der Waals surface area contributed by atoms with Gasteiger partial charge in [-0.25, -0.2) is 0 Å². The zero-order chi connectivity index (χ0) is 10.1. The van der Waals surface area contributed by atoms with E-state index in [2.05, 4.69) is 17.1 Å². The lowest BCUT2D eigenvalue weighted by Crippen LogP contribution is -2.57. The topological polar surface area (TPSA) is 35.6 Å². The number of rotatable bonds is 1. The largest absolute Gasteiger partial charge is 0.343 e. The highest BCUT2D eigenvalue weighted by atomic mass is 16.2. The van der Waals surface area contributed by atoms with Gasteiger partial charge in [-0.15, -0.1) is 0 Å². The van der Waals surface area contributed by atoms with Crippen LogP contribution in [0.5, 0.6) is 0 Å². The van der Waals surface area contributed by atoms with Gasteiger partial charge in [0.2, 0.25) is 5.91 Å². The molecule has 14 heavy (non-hydrogen) atoms. The second-order valence-corrected chi connectivity index (χ2v) is 4.44. The molecule has 0 saturated carbocycles. The minimum Gasteiger partial charge on any atom is -0.343 e. The molecule has 0 bridgehead atoms. The minimum absolute atomic E-state index is 0.259. The Balaban J connectivity index is 2.00. The van der Waals surface area contributed by atoms with Crippen molar-refractivity contribution in [3.05, 3.63) is 0 Å². The van der Waals surface area contributed by atoms with Crippen molar-refractivity contribution in [1.82, 2.24) is 15.1 Å². The van der Waals surface area contributed by atoms with Crippen LogP contribution in [0, 0.1) is 0 Å². The summed E-state index contributed by atoms with van der Waals surface area (Å²) in [6.45, 7) is 5.82. The standard InChI is InChI=1S/C10H19N3O/c1-8-6-12(2)10(14)7-13(8)9-3-4-11-5-9/h8-9,11H,3-7H2,1-2H3. The highest BCUT2D eigenvalue weighted by Crippen LogP contribution is 2.16. The smallest absolute Gasteiger partial charge is 0.236 e. The Kier molecular flexibility index (Phi) is 2.74. The fraction of sp³-hybridized carbons (Fsp3) is 0.900. The van der Waals surface area contributed by atoms with Gasteiger partial charge in [0.25, 0.3) is 0 Å². The highest BCUT2D eigenvalue weighted by Gasteiger charge is 2.33. The molecule has 0 aromatic heterocycles. The van der Waals surface area contributed by atoms with Crippen LogP contribution in [-0.2, 0) is 4.79 Å². The van der Waals surface area contributed by atoms with Crippen LogP contribution in [0.15, 0.2) is 0 Å². The van der Waals surface area contributed by atoms with Crippen molar-refractivity contribution in [3.63, 3.8) is 0 Å². The molecule has 4 nitrogen and oxygen atoms in total. The Morgan fingerprint density at radius 2 is 2.29 bits per heavy atom. The summed E-state index contributed by atoms with van der Waals surface area (Å²) in [5.41, 5.74) is 0. The first-order chi connectivity index (χ1) is 6.68. The molecule has 0 aliphatic carbocycles. The van der Waals surface area contributed by atoms with E-state index < -0.39 is 0 Å². The molecule has 2 atom stereocenters. The molecule has 2 heterocycles. The van der Waals surface area contributed by atoms with E-state index in [4.69, 9.17) is 0 Å². The number of nitrogens with one attached hydrogen (secondary N) is 1. The average molecular weight is 197 g/mol. The lowest BCUT2D eigenvalue weighted by molar-refractivity contribution is -0.137. The van der Waals surface area contributed by atoms with Crippen LogP contribution in [0.25, 0.3) is 0 Å². The molecular weight excluding hydrogens is 178 g/mol. The SMILES string of the molecule is CC1CN(C)C(=O)CN1C1CCNC1. The van der Waals surface area contributed by atoms with Crippen molar-refractivity contribution < 1.29 is 4.79 Å². The third kappa shape index (κ3) is 1.77. The third-order valence-corrected chi connectivity index (χ3v) is 3.35. The van der Waals surface area contributed by atoms with E-state index in [0.717, 1.165) is 19.6 Å². The molecular formula is C10H19N3O. The van der Waals surface area contributed by atoms with Crippen molar-refractivity contribution in [2.24, 2.45) is 0 Å². The summed E-state index contributed by atoms with van der Waals surface area (Å²) in [6, 6.07) is 1.07. The zero-order valence-electron chi connectivity index (χ0n) is 8.99. The van der Waals surface area contributed by atoms with Crippen LogP contribution in [0.3, 0.4) is 0 Å². The molecule has 0 radical (unpaired) electrons. The monoisotopic (exact) mass is 197 g/mol. The molecule has 0 aromatic carbocycles. The number of hydrogen-bond donors (Lipinski definition) is 1. The molecule has 1 N–H and O–H groups in total.